The molecule has 32 heavy (non-hydrogen) atoms. The molecule has 6 heteroatoms. The molecule has 3 saturated heterocycles. The highest BCUT2D eigenvalue weighted by Crippen LogP contribution is 2.37. The Balaban J connectivity index is 1.30. The van der Waals surface area contributed by atoms with Gasteiger partial charge in [0.2, 0.25) is 0 Å². The van der Waals surface area contributed by atoms with Crippen molar-refractivity contribution in [2.24, 2.45) is 5.92 Å². The molecule has 6 nitrogen and oxygen atoms in total. The molecule has 4 aliphatic heterocycles. The number of carbonyl (C=O) groups is 1. The molecule has 0 N–H and O–H groups in total. The van der Waals surface area contributed by atoms with Crippen molar-refractivity contribution in [3.05, 3.63) is 83.9 Å². The van der Waals surface area contributed by atoms with Crippen LogP contribution in [0.3, 0.4) is 0 Å². The number of amides is 1. The van der Waals surface area contributed by atoms with E-state index in [2.05, 4.69) is 58.4 Å². The van der Waals surface area contributed by atoms with Crippen molar-refractivity contribution in [2.45, 2.75) is 31.4 Å². The molecule has 0 radical (unpaired) electrons. The Morgan fingerprint density at radius 2 is 1.81 bits per heavy atom. The summed E-state index contributed by atoms with van der Waals surface area (Å²) in [5.74, 6) is 0.508. The minimum Gasteiger partial charge on any atom is -0.444 e. The maximum Gasteiger partial charge on any atom is 0.410 e. The van der Waals surface area contributed by atoms with E-state index in [0.29, 0.717) is 12.5 Å². The van der Waals surface area contributed by atoms with Crippen LogP contribution in [-0.2, 0) is 11.2 Å². The summed E-state index contributed by atoms with van der Waals surface area (Å²) in [6.07, 6.45) is 8.48. The third-order valence-electron chi connectivity index (χ3n) is 7.38. The van der Waals surface area contributed by atoms with Gasteiger partial charge in [0.1, 0.15) is 6.10 Å². The second-order valence-corrected chi connectivity index (χ2v) is 9.17. The Hall–Kier alpha value is -3.12. The van der Waals surface area contributed by atoms with Gasteiger partial charge in [0.25, 0.3) is 0 Å². The van der Waals surface area contributed by atoms with E-state index in [1.54, 1.807) is 12.5 Å². The van der Waals surface area contributed by atoms with Crippen molar-refractivity contribution in [2.75, 3.05) is 26.2 Å². The summed E-state index contributed by atoms with van der Waals surface area (Å²) in [6, 6.07) is 16.8. The topological polar surface area (TPSA) is 50.6 Å². The Labute approximate surface area is 188 Å². The largest absolute Gasteiger partial charge is 0.444 e. The summed E-state index contributed by atoms with van der Waals surface area (Å²) in [5.41, 5.74) is 4.66. The lowest BCUT2D eigenvalue weighted by molar-refractivity contribution is -0.0462. The summed E-state index contributed by atoms with van der Waals surface area (Å²) >= 11 is 0. The minimum absolute atomic E-state index is 0.0198. The summed E-state index contributed by atoms with van der Waals surface area (Å²) in [6.45, 7) is 3.83. The zero-order valence-corrected chi connectivity index (χ0v) is 18.1. The third kappa shape index (κ3) is 3.48. The van der Waals surface area contributed by atoms with Gasteiger partial charge >= 0.3 is 6.09 Å². The van der Waals surface area contributed by atoms with E-state index in [9.17, 15) is 4.79 Å². The number of imidazole rings is 1. The van der Waals surface area contributed by atoms with Crippen LogP contribution in [0.1, 0.15) is 35.6 Å². The molecule has 5 heterocycles. The van der Waals surface area contributed by atoms with Gasteiger partial charge in [0, 0.05) is 31.2 Å². The van der Waals surface area contributed by atoms with Crippen LogP contribution >= 0.6 is 0 Å². The van der Waals surface area contributed by atoms with Gasteiger partial charge in [-0.25, -0.2) is 9.78 Å². The second kappa shape index (κ2) is 8.10. The maximum absolute atomic E-state index is 13.5. The van der Waals surface area contributed by atoms with Crippen LogP contribution in [0.25, 0.3) is 5.69 Å². The van der Waals surface area contributed by atoms with Gasteiger partial charge in [-0.2, -0.15) is 0 Å². The smallest absolute Gasteiger partial charge is 0.410 e. The standard InChI is InChI=1S/C26H28N4O2/c31-26(32-24-17-28-13-9-20(24)10-14-28)30-15-11-19-3-1-2-4-23(19)25(30)21-5-7-22(8-6-21)29-16-12-27-18-29/h1-8,12,16,18,20,24-25H,9-11,13-15,17H2/t24-,25-/m1/s1. The van der Waals surface area contributed by atoms with E-state index in [4.69, 9.17) is 4.74 Å². The first kappa shape index (κ1) is 19.6. The van der Waals surface area contributed by atoms with E-state index < -0.39 is 0 Å². The zero-order valence-electron chi connectivity index (χ0n) is 18.1. The first-order chi connectivity index (χ1) is 15.8. The zero-order chi connectivity index (χ0) is 21.5. The molecule has 164 valence electrons. The Morgan fingerprint density at radius 3 is 2.53 bits per heavy atom. The normalized spacial score (nSPS) is 26.6. The fourth-order valence-electron chi connectivity index (χ4n) is 5.60. The molecular weight excluding hydrogens is 400 g/mol. The Bertz CT molecular complexity index is 1090. The van der Waals surface area contributed by atoms with Crippen molar-refractivity contribution < 1.29 is 9.53 Å². The highest BCUT2D eigenvalue weighted by atomic mass is 16.6. The molecule has 4 aliphatic rings. The van der Waals surface area contributed by atoms with E-state index in [-0.39, 0.29) is 18.2 Å². The molecule has 2 bridgehead atoms. The van der Waals surface area contributed by atoms with Crippen molar-refractivity contribution in [3.8, 4) is 5.69 Å². The van der Waals surface area contributed by atoms with E-state index in [1.807, 2.05) is 15.7 Å². The Morgan fingerprint density at radius 1 is 1.00 bits per heavy atom. The van der Waals surface area contributed by atoms with Gasteiger partial charge in [-0.15, -0.1) is 0 Å². The average molecular weight is 429 g/mol. The van der Waals surface area contributed by atoms with Crippen molar-refractivity contribution in [3.63, 3.8) is 0 Å². The molecule has 1 amide bonds. The number of benzene rings is 2. The predicted molar refractivity (Wildman–Crippen MR) is 122 cm³/mol. The van der Waals surface area contributed by atoms with Gasteiger partial charge in [0.05, 0.1) is 12.4 Å². The summed E-state index contributed by atoms with van der Waals surface area (Å²) in [7, 11) is 0. The van der Waals surface area contributed by atoms with Crippen LogP contribution in [0, 0.1) is 5.92 Å². The fourth-order valence-corrected chi connectivity index (χ4v) is 5.60. The van der Waals surface area contributed by atoms with Crippen LogP contribution < -0.4 is 0 Å². The second-order valence-electron chi connectivity index (χ2n) is 9.17. The third-order valence-corrected chi connectivity index (χ3v) is 7.38. The number of hydrogen-bond acceptors (Lipinski definition) is 4. The van der Waals surface area contributed by atoms with E-state index in [1.165, 1.54) is 11.1 Å². The fraction of sp³-hybridized carbons (Fsp3) is 0.385. The molecular formula is C26H28N4O2. The number of rotatable bonds is 3. The maximum atomic E-state index is 13.5. The molecule has 0 spiro atoms. The van der Waals surface area contributed by atoms with Crippen LogP contribution in [0.4, 0.5) is 4.79 Å². The van der Waals surface area contributed by atoms with Crippen molar-refractivity contribution in [1.82, 2.24) is 19.4 Å². The molecule has 3 aromatic rings. The van der Waals surface area contributed by atoms with Crippen LogP contribution in [0.5, 0.6) is 0 Å². The van der Waals surface area contributed by atoms with Gasteiger partial charge in [-0.05, 0) is 67.1 Å². The van der Waals surface area contributed by atoms with E-state index >= 15 is 0 Å². The Kier molecular flexibility index (Phi) is 4.95. The molecule has 3 fully saturated rings. The van der Waals surface area contributed by atoms with Gasteiger partial charge < -0.3 is 9.30 Å². The van der Waals surface area contributed by atoms with Crippen LogP contribution in [0.15, 0.2) is 67.3 Å². The highest BCUT2D eigenvalue weighted by molar-refractivity contribution is 5.70. The molecule has 7 rings (SSSR count). The van der Waals surface area contributed by atoms with Gasteiger partial charge in [-0.1, -0.05) is 36.4 Å². The van der Waals surface area contributed by atoms with Crippen LogP contribution in [0.2, 0.25) is 0 Å². The number of fused-ring (bicyclic) bond motifs is 4. The lowest BCUT2D eigenvalue weighted by Crippen LogP contribution is -2.53. The highest BCUT2D eigenvalue weighted by Gasteiger charge is 2.39. The summed E-state index contributed by atoms with van der Waals surface area (Å²) < 4.78 is 8.13. The van der Waals surface area contributed by atoms with E-state index in [0.717, 1.165) is 50.1 Å². The van der Waals surface area contributed by atoms with Gasteiger partial charge in [0.15, 0.2) is 0 Å². The number of carbonyl (C=O) groups excluding carboxylic acids is 1. The first-order valence-electron chi connectivity index (χ1n) is 11.6. The minimum atomic E-state index is -0.179. The number of piperidine rings is 3. The molecule has 0 aliphatic carbocycles. The number of aromatic nitrogens is 2. The van der Waals surface area contributed by atoms with Crippen LogP contribution in [-0.4, -0.2) is 57.7 Å². The quantitative estimate of drug-likeness (QED) is 0.632. The number of hydrogen-bond donors (Lipinski definition) is 0. The monoisotopic (exact) mass is 428 g/mol. The van der Waals surface area contributed by atoms with Gasteiger partial charge in [-0.3, -0.25) is 9.80 Å². The van der Waals surface area contributed by atoms with Crippen molar-refractivity contribution in [1.29, 1.82) is 0 Å². The lowest BCUT2D eigenvalue weighted by atomic mass is 9.86. The number of ether oxygens (including phenoxy) is 1. The molecule has 2 atom stereocenters. The van der Waals surface area contributed by atoms with Crippen molar-refractivity contribution >= 4 is 6.09 Å². The first-order valence-corrected chi connectivity index (χ1v) is 11.6. The molecule has 1 aromatic heterocycles. The lowest BCUT2D eigenvalue weighted by Gasteiger charge is -2.45. The molecule has 0 saturated carbocycles. The average Bonchev–Trinajstić information content (AvgIpc) is 3.39. The predicted octanol–water partition coefficient (Wildman–Crippen LogP) is 4.05. The summed E-state index contributed by atoms with van der Waals surface area (Å²) in [4.78, 5) is 22.0. The molecule has 0 unspecified atom stereocenters. The summed E-state index contributed by atoms with van der Waals surface area (Å²) in [5, 5.41) is 0. The number of nitrogens with zero attached hydrogens (tertiary/aromatic N) is 4. The molecule has 2 aromatic carbocycles. The SMILES string of the molecule is O=C(O[C@@H]1CN2CCC1CC2)N1CCc2ccccc2[C@H]1c1ccc(-n2ccnc2)cc1.